The summed E-state index contributed by atoms with van der Waals surface area (Å²) in [7, 11) is -2.11. The first-order valence-corrected chi connectivity index (χ1v) is 11.5. The predicted molar refractivity (Wildman–Crippen MR) is 114 cm³/mol. The number of anilines is 2. The molecule has 0 spiro atoms. The molecule has 1 heterocycles. The van der Waals surface area contributed by atoms with Crippen molar-refractivity contribution < 1.29 is 31.2 Å². The topological polar surface area (TPSA) is 86.8 Å². The Hall–Kier alpha value is -3.08. The number of amides is 2. The van der Waals surface area contributed by atoms with E-state index in [4.69, 9.17) is 0 Å². The van der Waals surface area contributed by atoms with E-state index in [1.807, 2.05) is 0 Å². The van der Waals surface area contributed by atoms with Crippen molar-refractivity contribution >= 4 is 33.2 Å². The average molecular weight is 469 g/mol. The van der Waals surface area contributed by atoms with Gasteiger partial charge in [0.05, 0.1) is 29.7 Å². The van der Waals surface area contributed by atoms with Gasteiger partial charge in [0.25, 0.3) is 5.91 Å². The van der Waals surface area contributed by atoms with Crippen molar-refractivity contribution in [3.63, 3.8) is 0 Å². The highest BCUT2D eigenvalue weighted by atomic mass is 32.2. The van der Waals surface area contributed by atoms with E-state index in [1.165, 1.54) is 29.6 Å². The highest BCUT2D eigenvalue weighted by Crippen LogP contribution is 2.35. The van der Waals surface area contributed by atoms with Gasteiger partial charge in [-0.3, -0.25) is 13.9 Å². The summed E-state index contributed by atoms with van der Waals surface area (Å²) in [5, 5.41) is 2.20. The number of hydrogen-bond acceptors (Lipinski definition) is 4. The van der Waals surface area contributed by atoms with E-state index in [-0.39, 0.29) is 11.6 Å². The summed E-state index contributed by atoms with van der Waals surface area (Å²) in [5.74, 6) is -1.30. The fraction of sp³-hybridized carbons (Fsp3) is 0.333. The van der Waals surface area contributed by atoms with E-state index in [0.717, 1.165) is 23.3 Å². The maximum absolute atomic E-state index is 13.1. The number of benzene rings is 2. The van der Waals surface area contributed by atoms with Crippen LogP contribution in [0.5, 0.6) is 0 Å². The second-order valence-corrected chi connectivity index (χ2v) is 9.57. The zero-order valence-corrected chi connectivity index (χ0v) is 18.4. The lowest BCUT2D eigenvalue weighted by molar-refractivity contribution is -0.137. The van der Waals surface area contributed by atoms with Crippen LogP contribution in [0.2, 0.25) is 0 Å². The number of hydrogen-bond donors (Lipinski definition) is 1. The summed E-state index contributed by atoms with van der Waals surface area (Å²) in [6.07, 6.45) is -3.09. The molecule has 0 bridgehead atoms. The van der Waals surface area contributed by atoms with Crippen molar-refractivity contribution in [1.29, 1.82) is 0 Å². The zero-order chi connectivity index (χ0) is 23.8. The SMILES string of the molecule is CC1Cc2cc(C(=O)N(C)CC(=O)Nc3ccccc3C(F)(F)F)ccc2N1S(C)(=O)=O. The molecular formula is C21H22F3N3O4S. The summed E-state index contributed by atoms with van der Waals surface area (Å²) in [6, 6.07) is 8.87. The van der Waals surface area contributed by atoms with Crippen LogP contribution in [0, 0.1) is 0 Å². The molecule has 0 aromatic heterocycles. The minimum absolute atomic E-state index is 0.247. The molecule has 1 unspecified atom stereocenters. The van der Waals surface area contributed by atoms with Crippen molar-refractivity contribution in [2.24, 2.45) is 0 Å². The molecule has 1 atom stereocenters. The van der Waals surface area contributed by atoms with Gasteiger partial charge in [-0.15, -0.1) is 0 Å². The van der Waals surface area contributed by atoms with Gasteiger partial charge < -0.3 is 10.2 Å². The van der Waals surface area contributed by atoms with E-state index in [2.05, 4.69) is 5.32 Å². The summed E-state index contributed by atoms with van der Waals surface area (Å²) in [6.45, 7) is 1.30. The smallest absolute Gasteiger partial charge is 0.332 e. The molecule has 1 aliphatic rings. The summed E-state index contributed by atoms with van der Waals surface area (Å²) in [4.78, 5) is 26.1. The second-order valence-electron chi connectivity index (χ2n) is 7.71. The number of sulfonamides is 1. The lowest BCUT2D eigenvalue weighted by atomic mass is 10.1. The van der Waals surface area contributed by atoms with Crippen LogP contribution in [0.1, 0.15) is 28.4 Å². The number of fused-ring (bicyclic) bond motifs is 1. The molecule has 0 saturated heterocycles. The van der Waals surface area contributed by atoms with Crippen LogP contribution in [0.15, 0.2) is 42.5 Å². The Bertz CT molecular complexity index is 1170. The largest absolute Gasteiger partial charge is 0.418 e. The maximum atomic E-state index is 13.1. The number of nitrogens with one attached hydrogen (secondary N) is 1. The molecule has 7 nitrogen and oxygen atoms in total. The molecule has 0 saturated carbocycles. The van der Waals surface area contributed by atoms with Crippen molar-refractivity contribution in [2.45, 2.75) is 25.6 Å². The number of nitrogens with zero attached hydrogens (tertiary/aromatic N) is 2. The molecular weight excluding hydrogens is 447 g/mol. The number of para-hydroxylation sites is 1. The molecule has 172 valence electrons. The molecule has 2 aromatic carbocycles. The average Bonchev–Trinajstić information content (AvgIpc) is 3.01. The van der Waals surface area contributed by atoms with Crippen LogP contribution < -0.4 is 9.62 Å². The van der Waals surface area contributed by atoms with Crippen LogP contribution in [0.3, 0.4) is 0 Å². The summed E-state index contributed by atoms with van der Waals surface area (Å²) >= 11 is 0. The van der Waals surface area contributed by atoms with E-state index in [9.17, 15) is 31.2 Å². The highest BCUT2D eigenvalue weighted by Gasteiger charge is 2.34. The highest BCUT2D eigenvalue weighted by molar-refractivity contribution is 7.92. The van der Waals surface area contributed by atoms with Gasteiger partial charge in [-0.25, -0.2) is 8.42 Å². The third-order valence-corrected chi connectivity index (χ3v) is 6.34. The lowest BCUT2D eigenvalue weighted by Crippen LogP contribution is -2.35. The number of carbonyl (C=O) groups excluding carboxylic acids is 2. The van der Waals surface area contributed by atoms with Crippen LogP contribution in [0.4, 0.5) is 24.5 Å². The molecule has 2 amide bonds. The fourth-order valence-electron chi connectivity index (χ4n) is 3.78. The Labute approximate surface area is 183 Å². The number of likely N-dealkylation sites (N-methyl/N-ethyl adjacent to an activating group) is 1. The lowest BCUT2D eigenvalue weighted by Gasteiger charge is -2.22. The molecule has 2 aromatic rings. The van der Waals surface area contributed by atoms with Crippen molar-refractivity contribution in [2.75, 3.05) is 29.5 Å². The number of halogens is 3. The van der Waals surface area contributed by atoms with Crippen molar-refractivity contribution in [3.05, 3.63) is 59.2 Å². The Balaban J connectivity index is 1.72. The van der Waals surface area contributed by atoms with Gasteiger partial charge in [-0.05, 0) is 49.2 Å². The monoisotopic (exact) mass is 469 g/mol. The van der Waals surface area contributed by atoms with E-state index in [0.29, 0.717) is 17.7 Å². The Morgan fingerprint density at radius 2 is 1.84 bits per heavy atom. The number of carbonyl (C=O) groups is 2. The van der Waals surface area contributed by atoms with Gasteiger partial charge in [-0.2, -0.15) is 13.2 Å². The van der Waals surface area contributed by atoms with Gasteiger partial charge in [0.2, 0.25) is 15.9 Å². The Kier molecular flexibility index (Phi) is 6.23. The quantitative estimate of drug-likeness (QED) is 0.729. The van der Waals surface area contributed by atoms with Crippen molar-refractivity contribution in [1.82, 2.24) is 4.90 Å². The Morgan fingerprint density at radius 1 is 1.19 bits per heavy atom. The van der Waals surface area contributed by atoms with Crippen LogP contribution in [-0.4, -0.2) is 51.0 Å². The first-order chi connectivity index (χ1) is 14.8. The molecule has 3 rings (SSSR count). The standard InChI is InChI=1S/C21H22F3N3O4S/c1-13-10-15-11-14(8-9-18(15)27(13)32(3,30)31)20(29)26(2)12-19(28)25-17-7-5-4-6-16(17)21(22,23)24/h4-9,11,13H,10,12H2,1-3H3,(H,25,28). The number of alkyl halides is 3. The second kappa shape index (κ2) is 8.45. The number of rotatable bonds is 5. The molecule has 1 N–H and O–H groups in total. The van der Waals surface area contributed by atoms with Crippen LogP contribution in [0.25, 0.3) is 0 Å². The fourth-order valence-corrected chi connectivity index (χ4v) is 5.04. The third-order valence-electron chi connectivity index (χ3n) is 5.07. The predicted octanol–water partition coefficient (Wildman–Crippen LogP) is 3.13. The van der Waals surface area contributed by atoms with Gasteiger partial charge >= 0.3 is 6.18 Å². The van der Waals surface area contributed by atoms with Gasteiger partial charge in [0, 0.05) is 18.7 Å². The van der Waals surface area contributed by atoms with Crippen molar-refractivity contribution in [3.8, 4) is 0 Å². The summed E-state index contributed by atoms with van der Waals surface area (Å²) in [5.41, 5.74) is 0.0625. The summed E-state index contributed by atoms with van der Waals surface area (Å²) < 4.78 is 64.6. The third kappa shape index (κ3) is 4.87. The normalized spacial score (nSPS) is 15.9. The van der Waals surface area contributed by atoms with Crippen LogP contribution in [-0.2, 0) is 27.4 Å². The van der Waals surface area contributed by atoms with Gasteiger partial charge in [0.15, 0.2) is 0 Å². The van der Waals surface area contributed by atoms with E-state index < -0.39 is 45.8 Å². The minimum atomic E-state index is -4.63. The first kappa shape index (κ1) is 23.6. The molecule has 0 radical (unpaired) electrons. The van der Waals surface area contributed by atoms with Gasteiger partial charge in [0.1, 0.15) is 0 Å². The van der Waals surface area contributed by atoms with E-state index >= 15 is 0 Å². The van der Waals surface area contributed by atoms with Crippen LogP contribution >= 0.6 is 0 Å². The molecule has 0 aliphatic carbocycles. The molecule has 0 fully saturated rings. The van der Waals surface area contributed by atoms with E-state index in [1.54, 1.807) is 19.1 Å². The van der Waals surface area contributed by atoms with Gasteiger partial charge in [-0.1, -0.05) is 12.1 Å². The first-order valence-electron chi connectivity index (χ1n) is 9.63. The molecule has 1 aliphatic heterocycles. The molecule has 32 heavy (non-hydrogen) atoms. The minimum Gasteiger partial charge on any atom is -0.332 e. The Morgan fingerprint density at radius 3 is 2.47 bits per heavy atom. The molecule has 11 heteroatoms. The maximum Gasteiger partial charge on any atom is 0.418 e. The zero-order valence-electron chi connectivity index (χ0n) is 17.6.